The van der Waals surface area contributed by atoms with Crippen molar-refractivity contribution in [2.45, 2.75) is 20.0 Å². The van der Waals surface area contributed by atoms with E-state index in [0.29, 0.717) is 28.5 Å². The molecule has 0 radical (unpaired) electrons. The first-order chi connectivity index (χ1) is 15.4. The Labute approximate surface area is 193 Å². The molecule has 1 heterocycles. The Kier molecular flexibility index (Phi) is 8.07. The number of aromatic nitrogens is 1. The number of halogens is 1. The van der Waals surface area contributed by atoms with E-state index in [9.17, 15) is 9.90 Å². The number of nitrogens with one attached hydrogen (secondary N) is 1. The highest BCUT2D eigenvalue weighted by Crippen LogP contribution is 2.24. The summed E-state index contributed by atoms with van der Waals surface area (Å²) >= 11 is 6.13. The topological polar surface area (TPSA) is 91.5 Å². The third-order valence-electron chi connectivity index (χ3n) is 5.22. The number of carbonyl (C=O) groups is 1. The molecule has 6 nitrogen and oxygen atoms in total. The van der Waals surface area contributed by atoms with Crippen molar-refractivity contribution in [3.63, 3.8) is 0 Å². The van der Waals surface area contributed by atoms with Gasteiger partial charge in [-0.2, -0.15) is 0 Å². The fourth-order valence-electron chi connectivity index (χ4n) is 3.33. The van der Waals surface area contributed by atoms with E-state index in [1.807, 2.05) is 26.0 Å². The molecule has 3 aromatic rings. The van der Waals surface area contributed by atoms with Crippen molar-refractivity contribution in [3.8, 4) is 11.8 Å². The minimum atomic E-state index is -0.614. The number of aliphatic hydroxyl groups excluding tert-OH is 1. The molecule has 1 unspecified atom stereocenters. The van der Waals surface area contributed by atoms with Crippen molar-refractivity contribution in [2.75, 3.05) is 31.9 Å². The highest BCUT2D eigenvalue weighted by Gasteiger charge is 2.12. The zero-order valence-electron chi connectivity index (χ0n) is 18.2. The van der Waals surface area contributed by atoms with Crippen LogP contribution in [0.2, 0.25) is 5.02 Å². The lowest BCUT2D eigenvalue weighted by Gasteiger charge is -2.22. The molecular formula is C25H27ClN4O2. The molecular weight excluding hydrogens is 424 g/mol. The smallest absolute Gasteiger partial charge is 0.251 e. The van der Waals surface area contributed by atoms with E-state index in [1.165, 1.54) is 0 Å². The van der Waals surface area contributed by atoms with Crippen LogP contribution in [0.5, 0.6) is 0 Å². The van der Waals surface area contributed by atoms with Crippen LogP contribution in [0.4, 0.5) is 5.82 Å². The van der Waals surface area contributed by atoms with Gasteiger partial charge in [0, 0.05) is 46.2 Å². The molecule has 4 N–H and O–H groups in total. The molecule has 32 heavy (non-hydrogen) atoms. The molecule has 0 aliphatic rings. The maximum absolute atomic E-state index is 12.4. The lowest BCUT2D eigenvalue weighted by molar-refractivity contribution is 0.0869. The number of anilines is 1. The Morgan fingerprint density at radius 2 is 1.91 bits per heavy atom. The number of likely N-dealkylation sites (N-methyl/N-ethyl adjacent to an activating group) is 1. The molecule has 2 aromatic carbocycles. The number of aliphatic hydroxyl groups is 1. The first-order valence-corrected chi connectivity index (χ1v) is 10.9. The average molecular weight is 451 g/mol. The Morgan fingerprint density at radius 3 is 2.59 bits per heavy atom. The van der Waals surface area contributed by atoms with E-state index < -0.39 is 6.10 Å². The standard InChI is InChI=1S/C25H27ClN4O2/c1-3-30(4-2)16-21(31)15-29-25(32)18-8-5-17(6-9-18)7-12-22-23-13-20(26)11-10-19(23)14-28-24(22)27/h5-6,8-11,13-14,21,31H,3-4,15-16H2,1-2H3,(H2,27,28)(H,29,32). The summed E-state index contributed by atoms with van der Waals surface area (Å²) in [5, 5.41) is 15.2. The van der Waals surface area contributed by atoms with E-state index in [4.69, 9.17) is 17.3 Å². The van der Waals surface area contributed by atoms with Gasteiger partial charge < -0.3 is 21.1 Å². The van der Waals surface area contributed by atoms with E-state index in [2.05, 4.69) is 27.0 Å². The molecule has 0 saturated carbocycles. The second-order valence-electron chi connectivity index (χ2n) is 7.43. The van der Waals surface area contributed by atoms with E-state index in [0.717, 1.165) is 29.4 Å². The van der Waals surface area contributed by atoms with Gasteiger partial charge in [-0.1, -0.05) is 43.4 Å². The van der Waals surface area contributed by atoms with Crippen LogP contribution in [0, 0.1) is 11.8 Å². The molecule has 0 aliphatic carbocycles. The summed E-state index contributed by atoms with van der Waals surface area (Å²) in [4.78, 5) is 18.7. The van der Waals surface area contributed by atoms with Gasteiger partial charge >= 0.3 is 0 Å². The Morgan fingerprint density at radius 1 is 1.19 bits per heavy atom. The van der Waals surface area contributed by atoms with Crippen molar-refractivity contribution in [3.05, 3.63) is 70.4 Å². The van der Waals surface area contributed by atoms with Crippen molar-refractivity contribution in [1.82, 2.24) is 15.2 Å². The molecule has 1 amide bonds. The molecule has 0 spiro atoms. The van der Waals surface area contributed by atoms with Crippen molar-refractivity contribution >= 4 is 34.1 Å². The van der Waals surface area contributed by atoms with Gasteiger partial charge in [0.05, 0.1) is 11.7 Å². The summed E-state index contributed by atoms with van der Waals surface area (Å²) in [6.45, 7) is 6.53. The zero-order chi connectivity index (χ0) is 23.1. The lowest BCUT2D eigenvalue weighted by Crippen LogP contribution is -2.40. The quantitative estimate of drug-likeness (QED) is 0.480. The normalized spacial score (nSPS) is 11.8. The van der Waals surface area contributed by atoms with Crippen LogP contribution < -0.4 is 11.1 Å². The third kappa shape index (κ3) is 5.98. The minimum absolute atomic E-state index is 0.201. The summed E-state index contributed by atoms with van der Waals surface area (Å²) in [5.74, 6) is 6.26. The van der Waals surface area contributed by atoms with Crippen molar-refractivity contribution < 1.29 is 9.90 Å². The van der Waals surface area contributed by atoms with E-state index >= 15 is 0 Å². The largest absolute Gasteiger partial charge is 0.390 e. The number of rotatable bonds is 7. The maximum atomic E-state index is 12.4. The van der Waals surface area contributed by atoms with Crippen LogP contribution in [0.25, 0.3) is 10.8 Å². The number of pyridine rings is 1. The molecule has 0 fully saturated rings. The SMILES string of the molecule is CCN(CC)CC(O)CNC(=O)c1ccc(C#Cc2c(N)ncc3ccc(Cl)cc23)cc1. The first-order valence-electron chi connectivity index (χ1n) is 10.6. The summed E-state index contributed by atoms with van der Waals surface area (Å²) in [5.41, 5.74) is 7.90. The molecule has 1 atom stereocenters. The number of nitrogens with zero attached hydrogens (tertiary/aromatic N) is 2. The number of nitrogen functional groups attached to an aromatic ring is 1. The minimum Gasteiger partial charge on any atom is -0.390 e. The van der Waals surface area contributed by atoms with Crippen LogP contribution in [0.3, 0.4) is 0 Å². The van der Waals surface area contributed by atoms with Crippen LogP contribution in [-0.2, 0) is 0 Å². The molecule has 7 heteroatoms. The van der Waals surface area contributed by atoms with Gasteiger partial charge in [0.25, 0.3) is 5.91 Å². The third-order valence-corrected chi connectivity index (χ3v) is 5.46. The monoisotopic (exact) mass is 450 g/mol. The van der Waals surface area contributed by atoms with Crippen molar-refractivity contribution in [1.29, 1.82) is 0 Å². The fourth-order valence-corrected chi connectivity index (χ4v) is 3.50. The number of hydrogen-bond donors (Lipinski definition) is 3. The van der Waals surface area contributed by atoms with Gasteiger partial charge in [-0.15, -0.1) is 0 Å². The van der Waals surface area contributed by atoms with Crippen LogP contribution in [0.15, 0.2) is 48.7 Å². The van der Waals surface area contributed by atoms with Gasteiger partial charge in [-0.05, 0) is 49.5 Å². The van der Waals surface area contributed by atoms with Crippen LogP contribution in [-0.4, -0.2) is 53.2 Å². The second kappa shape index (κ2) is 11.0. The summed E-state index contributed by atoms with van der Waals surface area (Å²) in [6.07, 6.45) is 1.08. The number of benzene rings is 2. The predicted octanol–water partition coefficient (Wildman–Crippen LogP) is 3.30. The van der Waals surface area contributed by atoms with Crippen LogP contribution in [0.1, 0.15) is 35.3 Å². The Hall–Kier alpha value is -3.11. The van der Waals surface area contributed by atoms with Gasteiger partial charge in [0.1, 0.15) is 5.82 Å². The zero-order valence-corrected chi connectivity index (χ0v) is 19.0. The van der Waals surface area contributed by atoms with Crippen LogP contribution >= 0.6 is 11.6 Å². The van der Waals surface area contributed by atoms with E-state index in [1.54, 1.807) is 36.5 Å². The summed E-state index contributed by atoms with van der Waals surface area (Å²) in [7, 11) is 0. The van der Waals surface area contributed by atoms with Crippen molar-refractivity contribution in [2.24, 2.45) is 0 Å². The number of hydrogen-bond acceptors (Lipinski definition) is 5. The highest BCUT2D eigenvalue weighted by atomic mass is 35.5. The lowest BCUT2D eigenvalue weighted by atomic mass is 10.1. The molecule has 1 aromatic heterocycles. The Balaban J connectivity index is 1.68. The molecule has 3 rings (SSSR count). The maximum Gasteiger partial charge on any atom is 0.251 e. The number of fused-ring (bicyclic) bond motifs is 1. The summed E-state index contributed by atoms with van der Waals surface area (Å²) in [6, 6.07) is 12.5. The first kappa shape index (κ1) is 23.6. The van der Waals surface area contributed by atoms with Gasteiger partial charge in [-0.3, -0.25) is 4.79 Å². The van der Waals surface area contributed by atoms with E-state index in [-0.39, 0.29) is 12.5 Å². The van der Waals surface area contributed by atoms with Gasteiger partial charge in [0.15, 0.2) is 0 Å². The summed E-state index contributed by atoms with van der Waals surface area (Å²) < 4.78 is 0. The number of amides is 1. The van der Waals surface area contributed by atoms with Gasteiger partial charge in [0.2, 0.25) is 0 Å². The number of carbonyl (C=O) groups excluding carboxylic acids is 1. The Bertz CT molecular complexity index is 1140. The number of nitrogens with two attached hydrogens (primary N) is 1. The predicted molar refractivity (Wildman–Crippen MR) is 130 cm³/mol. The molecule has 166 valence electrons. The fraction of sp³-hybridized carbons (Fsp3) is 0.280. The molecule has 0 bridgehead atoms. The molecule has 0 aliphatic heterocycles. The molecule has 0 saturated heterocycles. The second-order valence-corrected chi connectivity index (χ2v) is 7.86. The van der Waals surface area contributed by atoms with Gasteiger partial charge in [-0.25, -0.2) is 4.98 Å². The average Bonchev–Trinajstić information content (AvgIpc) is 2.80. The highest BCUT2D eigenvalue weighted by molar-refractivity contribution is 6.31.